The minimum atomic E-state index is -0.550. The number of carbonyl (C=O) groups is 4. The molecule has 0 bridgehead atoms. The van der Waals surface area contributed by atoms with Crippen LogP contribution in [0.25, 0.3) is 6.08 Å². The van der Waals surface area contributed by atoms with Gasteiger partial charge in [-0.25, -0.2) is 4.79 Å². The standard InChI is InChI=1S/C38H39N3O7S2/c1-5-48-38(45)34-28-16-14-23(2)18-32(28)50-37(34)41-33(42)22-49-27-13-9-12-26(21-27)39-36(44)29(40-35(43)25-10-7-6-8-11-25)19-24-15-17-30(46-3)31(20-24)47-4/h6-13,15,17,19-21,23H,5,14,16,18,22H2,1-4H3,(H,39,44)(H,40,43)(H,41,42)/b29-19+. The lowest BCUT2D eigenvalue weighted by molar-refractivity contribution is -0.114. The Hall–Kier alpha value is -5.07. The molecule has 1 heterocycles. The Kier molecular flexibility index (Phi) is 12.3. The molecule has 0 spiro atoms. The summed E-state index contributed by atoms with van der Waals surface area (Å²) in [7, 11) is 3.05. The fourth-order valence-electron chi connectivity index (χ4n) is 5.48. The second-order valence-corrected chi connectivity index (χ2v) is 13.7. The number of esters is 1. The molecule has 1 unspecified atom stereocenters. The van der Waals surface area contributed by atoms with E-state index >= 15 is 0 Å². The van der Waals surface area contributed by atoms with E-state index in [1.54, 1.807) is 79.7 Å². The zero-order valence-corrected chi connectivity index (χ0v) is 29.9. The molecule has 50 heavy (non-hydrogen) atoms. The van der Waals surface area contributed by atoms with Gasteiger partial charge in [0.25, 0.3) is 11.8 Å². The highest BCUT2D eigenvalue weighted by atomic mass is 32.2. The van der Waals surface area contributed by atoms with Crippen molar-refractivity contribution in [3.05, 3.63) is 106 Å². The SMILES string of the molecule is CCOC(=O)c1c(NC(=O)CSc2cccc(NC(=O)/C(=C\c3ccc(OC)c(OC)c3)NC(=O)c3ccccc3)c2)sc2c1CCC(C)C2. The first-order chi connectivity index (χ1) is 24.2. The average molecular weight is 714 g/mol. The van der Waals surface area contributed by atoms with Gasteiger partial charge in [-0.2, -0.15) is 0 Å². The fraction of sp³-hybridized carbons (Fsp3) is 0.263. The van der Waals surface area contributed by atoms with E-state index in [1.807, 2.05) is 6.07 Å². The van der Waals surface area contributed by atoms with E-state index in [1.165, 1.54) is 37.3 Å². The van der Waals surface area contributed by atoms with E-state index in [0.29, 0.717) is 44.8 Å². The van der Waals surface area contributed by atoms with Gasteiger partial charge in [0.15, 0.2) is 11.5 Å². The van der Waals surface area contributed by atoms with Crippen LogP contribution in [-0.2, 0) is 27.2 Å². The van der Waals surface area contributed by atoms with Crippen molar-refractivity contribution in [2.24, 2.45) is 5.92 Å². The molecule has 5 rings (SSSR count). The number of nitrogens with one attached hydrogen (secondary N) is 3. The third-order valence-corrected chi connectivity index (χ3v) is 10.1. The Labute approximate surface area is 299 Å². The monoisotopic (exact) mass is 713 g/mol. The number of thioether (sulfide) groups is 1. The maximum absolute atomic E-state index is 13.6. The molecule has 0 fully saturated rings. The van der Waals surface area contributed by atoms with Crippen molar-refractivity contribution in [1.29, 1.82) is 0 Å². The Balaban J connectivity index is 1.29. The minimum Gasteiger partial charge on any atom is -0.493 e. The minimum absolute atomic E-state index is 0.00829. The van der Waals surface area contributed by atoms with Crippen molar-refractivity contribution < 1.29 is 33.4 Å². The van der Waals surface area contributed by atoms with E-state index in [9.17, 15) is 19.2 Å². The van der Waals surface area contributed by atoms with Gasteiger partial charge < -0.3 is 30.2 Å². The summed E-state index contributed by atoms with van der Waals surface area (Å²) in [6, 6.07) is 20.8. The molecule has 3 aromatic carbocycles. The quantitative estimate of drug-likeness (QED) is 0.0753. The van der Waals surface area contributed by atoms with E-state index in [-0.39, 0.29) is 24.0 Å². The summed E-state index contributed by atoms with van der Waals surface area (Å²) in [6.45, 7) is 4.21. The highest BCUT2D eigenvalue weighted by molar-refractivity contribution is 8.00. The molecule has 4 aromatic rings. The van der Waals surface area contributed by atoms with Crippen molar-refractivity contribution in [3.63, 3.8) is 0 Å². The van der Waals surface area contributed by atoms with Gasteiger partial charge >= 0.3 is 5.97 Å². The number of ether oxygens (including phenoxy) is 3. The summed E-state index contributed by atoms with van der Waals surface area (Å²) in [5.41, 5.74) is 2.92. The van der Waals surface area contributed by atoms with Crippen LogP contribution in [0.1, 0.15) is 57.0 Å². The van der Waals surface area contributed by atoms with Gasteiger partial charge in [0.2, 0.25) is 5.91 Å². The molecule has 0 aliphatic heterocycles. The predicted octanol–water partition coefficient (Wildman–Crippen LogP) is 7.21. The number of anilines is 2. The van der Waals surface area contributed by atoms with Gasteiger partial charge in [-0.3, -0.25) is 14.4 Å². The fourth-order valence-corrected chi connectivity index (χ4v) is 7.65. The van der Waals surface area contributed by atoms with Crippen LogP contribution in [0, 0.1) is 5.92 Å². The van der Waals surface area contributed by atoms with E-state index < -0.39 is 17.8 Å². The normalized spacial score (nSPS) is 13.8. The molecule has 12 heteroatoms. The topological polar surface area (TPSA) is 132 Å². The maximum Gasteiger partial charge on any atom is 0.341 e. The van der Waals surface area contributed by atoms with Crippen LogP contribution in [-0.4, -0.2) is 50.3 Å². The molecule has 3 N–H and O–H groups in total. The lowest BCUT2D eigenvalue weighted by Crippen LogP contribution is -2.30. The number of fused-ring (bicyclic) bond motifs is 1. The molecule has 10 nitrogen and oxygen atoms in total. The number of thiophene rings is 1. The van der Waals surface area contributed by atoms with Crippen molar-refractivity contribution in [2.75, 3.05) is 37.2 Å². The van der Waals surface area contributed by atoms with Crippen LogP contribution >= 0.6 is 23.1 Å². The third-order valence-electron chi connectivity index (χ3n) is 7.95. The number of amides is 3. The molecular formula is C38H39N3O7S2. The zero-order valence-electron chi connectivity index (χ0n) is 28.3. The molecule has 0 saturated heterocycles. The Morgan fingerprint density at radius 1 is 0.940 bits per heavy atom. The first-order valence-electron chi connectivity index (χ1n) is 16.1. The number of benzene rings is 3. The average Bonchev–Trinajstić information content (AvgIpc) is 3.47. The van der Waals surface area contributed by atoms with Crippen molar-refractivity contribution in [1.82, 2.24) is 5.32 Å². The number of hydrogen-bond acceptors (Lipinski definition) is 9. The second-order valence-electron chi connectivity index (χ2n) is 11.6. The van der Waals surface area contributed by atoms with Crippen LogP contribution in [0.4, 0.5) is 10.7 Å². The molecular weight excluding hydrogens is 675 g/mol. The van der Waals surface area contributed by atoms with Crippen LogP contribution < -0.4 is 25.4 Å². The Morgan fingerprint density at radius 3 is 2.46 bits per heavy atom. The maximum atomic E-state index is 13.6. The van der Waals surface area contributed by atoms with Crippen molar-refractivity contribution in [3.8, 4) is 11.5 Å². The van der Waals surface area contributed by atoms with Crippen LogP contribution in [0.2, 0.25) is 0 Å². The molecule has 1 aromatic heterocycles. The smallest absolute Gasteiger partial charge is 0.341 e. The van der Waals surface area contributed by atoms with Gasteiger partial charge in [-0.1, -0.05) is 37.3 Å². The summed E-state index contributed by atoms with van der Waals surface area (Å²) in [5, 5.41) is 9.07. The Bertz CT molecular complexity index is 1910. The van der Waals surface area contributed by atoms with Crippen LogP contribution in [0.15, 0.2) is 83.4 Å². The third kappa shape index (κ3) is 9.13. The predicted molar refractivity (Wildman–Crippen MR) is 197 cm³/mol. The van der Waals surface area contributed by atoms with Gasteiger partial charge in [0.05, 0.1) is 32.1 Å². The highest BCUT2D eigenvalue weighted by Gasteiger charge is 2.29. The van der Waals surface area contributed by atoms with Gasteiger partial charge in [-0.05, 0) is 91.8 Å². The summed E-state index contributed by atoms with van der Waals surface area (Å²) in [4.78, 5) is 54.5. The summed E-state index contributed by atoms with van der Waals surface area (Å²) >= 11 is 2.74. The van der Waals surface area contributed by atoms with Gasteiger partial charge in [0, 0.05) is 21.0 Å². The van der Waals surface area contributed by atoms with Crippen molar-refractivity contribution >= 4 is 63.6 Å². The van der Waals surface area contributed by atoms with Gasteiger partial charge in [0.1, 0.15) is 10.7 Å². The summed E-state index contributed by atoms with van der Waals surface area (Å²) in [5.74, 6) is -0.0842. The zero-order chi connectivity index (χ0) is 35.6. The number of hydrogen-bond donors (Lipinski definition) is 3. The Morgan fingerprint density at radius 2 is 1.72 bits per heavy atom. The molecule has 1 aliphatic carbocycles. The number of methoxy groups -OCH3 is 2. The van der Waals surface area contributed by atoms with Crippen LogP contribution in [0.5, 0.6) is 11.5 Å². The first-order valence-corrected chi connectivity index (χ1v) is 17.9. The lowest BCUT2D eigenvalue weighted by atomic mass is 9.88. The molecule has 1 aliphatic rings. The van der Waals surface area contributed by atoms with Crippen LogP contribution in [0.3, 0.4) is 0 Å². The highest BCUT2D eigenvalue weighted by Crippen LogP contribution is 2.40. The molecule has 260 valence electrons. The second kappa shape index (κ2) is 17.0. The van der Waals surface area contributed by atoms with Crippen molar-refractivity contribution in [2.45, 2.75) is 38.0 Å². The number of carbonyl (C=O) groups excluding carboxylic acids is 4. The molecule has 0 radical (unpaired) electrons. The van der Waals surface area contributed by atoms with Gasteiger partial charge in [-0.15, -0.1) is 23.1 Å². The summed E-state index contributed by atoms with van der Waals surface area (Å²) in [6.07, 6.45) is 4.19. The molecule has 1 atom stereocenters. The molecule has 0 saturated carbocycles. The molecule has 3 amide bonds. The lowest BCUT2D eigenvalue weighted by Gasteiger charge is -2.18. The largest absolute Gasteiger partial charge is 0.493 e. The van der Waals surface area contributed by atoms with E-state index in [4.69, 9.17) is 14.2 Å². The summed E-state index contributed by atoms with van der Waals surface area (Å²) < 4.78 is 16.1. The number of rotatable bonds is 13. The van der Waals surface area contributed by atoms with E-state index in [2.05, 4.69) is 22.9 Å². The first kappa shape index (κ1) is 36.2. The van der Waals surface area contributed by atoms with E-state index in [0.717, 1.165) is 34.6 Å².